The normalized spacial score (nSPS) is 19.5. The predicted octanol–water partition coefficient (Wildman–Crippen LogP) is 3.76. The summed E-state index contributed by atoms with van der Waals surface area (Å²) < 4.78 is 12.6. The number of carbonyl (C=O) groups excluding carboxylic acids is 1. The Bertz CT molecular complexity index is 1170. The summed E-state index contributed by atoms with van der Waals surface area (Å²) in [6.07, 6.45) is 3.05. The van der Waals surface area contributed by atoms with E-state index >= 15 is 0 Å². The third-order valence-corrected chi connectivity index (χ3v) is 7.31. The van der Waals surface area contributed by atoms with Crippen LogP contribution in [0.25, 0.3) is 10.3 Å². The molecule has 0 N–H and O–H groups in total. The standard InChI is InChI=1S/C23H26N4O4S/c1-26-19(16-9-12-30-13-10-16)25-21-18(22(26)28)24-20(32-21)17-8-5-11-27(17)23(29)31-14-15-6-3-2-4-7-15/h2-4,6-7,16-17H,5,8-14H2,1H3. The van der Waals surface area contributed by atoms with E-state index in [2.05, 4.69) is 4.98 Å². The monoisotopic (exact) mass is 454 g/mol. The van der Waals surface area contributed by atoms with Crippen LogP contribution in [-0.4, -0.2) is 45.3 Å². The van der Waals surface area contributed by atoms with Crippen molar-refractivity contribution in [2.45, 2.75) is 44.2 Å². The van der Waals surface area contributed by atoms with Crippen LogP contribution in [0.4, 0.5) is 4.79 Å². The van der Waals surface area contributed by atoms with Gasteiger partial charge >= 0.3 is 6.09 Å². The van der Waals surface area contributed by atoms with E-state index in [1.165, 1.54) is 11.3 Å². The average molecular weight is 455 g/mol. The van der Waals surface area contributed by atoms with Crippen molar-refractivity contribution in [1.82, 2.24) is 19.4 Å². The highest BCUT2D eigenvalue weighted by Gasteiger charge is 2.34. The second-order valence-corrected chi connectivity index (χ2v) is 9.33. The molecule has 2 aliphatic heterocycles. The molecule has 1 unspecified atom stereocenters. The van der Waals surface area contributed by atoms with Crippen molar-refractivity contribution in [1.29, 1.82) is 0 Å². The van der Waals surface area contributed by atoms with E-state index in [1.54, 1.807) is 16.5 Å². The van der Waals surface area contributed by atoms with Crippen LogP contribution in [0.1, 0.15) is 54.0 Å². The molecule has 2 fully saturated rings. The number of rotatable bonds is 4. The molecule has 2 aromatic heterocycles. The van der Waals surface area contributed by atoms with E-state index < -0.39 is 0 Å². The summed E-state index contributed by atoms with van der Waals surface area (Å²) >= 11 is 1.41. The maximum Gasteiger partial charge on any atom is 0.410 e. The second kappa shape index (κ2) is 8.99. The van der Waals surface area contributed by atoms with Gasteiger partial charge in [0.15, 0.2) is 10.3 Å². The van der Waals surface area contributed by atoms with Crippen LogP contribution >= 0.6 is 11.3 Å². The van der Waals surface area contributed by atoms with Crippen LogP contribution in [0.2, 0.25) is 0 Å². The summed E-state index contributed by atoms with van der Waals surface area (Å²) in [6, 6.07) is 9.45. The van der Waals surface area contributed by atoms with Crippen LogP contribution in [-0.2, 0) is 23.1 Å². The summed E-state index contributed by atoms with van der Waals surface area (Å²) in [7, 11) is 1.77. The van der Waals surface area contributed by atoms with Crippen molar-refractivity contribution in [3.63, 3.8) is 0 Å². The van der Waals surface area contributed by atoms with Gasteiger partial charge in [0.1, 0.15) is 17.4 Å². The molecule has 8 nitrogen and oxygen atoms in total. The van der Waals surface area contributed by atoms with E-state index in [-0.39, 0.29) is 30.2 Å². The summed E-state index contributed by atoms with van der Waals surface area (Å²) in [5, 5.41) is 0.753. The number of hydrogen-bond acceptors (Lipinski definition) is 7. The number of benzene rings is 1. The lowest BCUT2D eigenvalue weighted by atomic mass is 9.99. The Morgan fingerprint density at radius 2 is 1.97 bits per heavy atom. The van der Waals surface area contributed by atoms with Gasteiger partial charge in [-0.05, 0) is 31.2 Å². The number of fused-ring (bicyclic) bond motifs is 1. The van der Waals surface area contributed by atoms with Crippen LogP contribution in [0.5, 0.6) is 0 Å². The second-order valence-electron chi connectivity index (χ2n) is 8.32. The van der Waals surface area contributed by atoms with Crippen molar-refractivity contribution in [2.75, 3.05) is 19.8 Å². The fourth-order valence-electron chi connectivity index (χ4n) is 4.49. The lowest BCUT2D eigenvalue weighted by Crippen LogP contribution is -2.31. The van der Waals surface area contributed by atoms with Crippen LogP contribution < -0.4 is 5.56 Å². The van der Waals surface area contributed by atoms with Crippen LogP contribution in [0, 0.1) is 0 Å². The number of nitrogens with zero attached hydrogens (tertiary/aromatic N) is 4. The predicted molar refractivity (Wildman–Crippen MR) is 121 cm³/mol. The number of aromatic nitrogens is 3. The van der Waals surface area contributed by atoms with Crippen molar-refractivity contribution >= 4 is 27.8 Å². The zero-order valence-electron chi connectivity index (χ0n) is 18.0. The van der Waals surface area contributed by atoms with Crippen LogP contribution in [0.3, 0.4) is 0 Å². The van der Waals surface area contributed by atoms with E-state index in [9.17, 15) is 9.59 Å². The Kier molecular flexibility index (Phi) is 5.93. The topological polar surface area (TPSA) is 86.6 Å². The molecule has 0 radical (unpaired) electrons. The SMILES string of the molecule is Cn1c(C2CCOCC2)nc2sc(C3CCCN3C(=O)OCc3ccccc3)nc2c1=O. The molecule has 2 aliphatic rings. The molecular weight excluding hydrogens is 428 g/mol. The molecule has 1 aromatic carbocycles. The first-order chi connectivity index (χ1) is 15.6. The smallest absolute Gasteiger partial charge is 0.410 e. The molecule has 9 heteroatoms. The Morgan fingerprint density at radius 1 is 1.19 bits per heavy atom. The molecule has 3 aromatic rings. The van der Waals surface area contributed by atoms with Gasteiger partial charge < -0.3 is 9.47 Å². The Labute approximate surface area is 189 Å². The highest BCUT2D eigenvalue weighted by molar-refractivity contribution is 7.18. The van der Waals surface area contributed by atoms with Crippen LogP contribution in [0.15, 0.2) is 35.1 Å². The van der Waals surface area contributed by atoms with Gasteiger partial charge in [-0.15, -0.1) is 0 Å². The first-order valence-electron chi connectivity index (χ1n) is 11.0. The van der Waals surface area contributed by atoms with Crippen molar-refractivity contribution < 1.29 is 14.3 Å². The maximum atomic E-state index is 13.0. The highest BCUT2D eigenvalue weighted by atomic mass is 32.1. The van der Waals surface area contributed by atoms with E-state index in [4.69, 9.17) is 14.5 Å². The molecule has 168 valence electrons. The number of thiazole rings is 1. The van der Waals surface area contributed by atoms with Crippen molar-refractivity contribution in [3.8, 4) is 0 Å². The third kappa shape index (κ3) is 4.02. The molecule has 2 saturated heterocycles. The minimum absolute atomic E-state index is 0.129. The lowest BCUT2D eigenvalue weighted by Gasteiger charge is -2.22. The minimum atomic E-state index is -0.348. The van der Waals surface area contributed by atoms with Gasteiger partial charge in [-0.3, -0.25) is 14.3 Å². The molecule has 0 bridgehead atoms. The molecule has 4 heterocycles. The van der Waals surface area contributed by atoms with Gasteiger partial charge in [-0.1, -0.05) is 41.7 Å². The molecule has 1 amide bonds. The molecule has 0 spiro atoms. The van der Waals surface area contributed by atoms with Gasteiger partial charge in [0.05, 0.1) is 6.04 Å². The first kappa shape index (κ1) is 21.1. The fourth-order valence-corrected chi connectivity index (χ4v) is 5.58. The van der Waals surface area contributed by atoms with E-state index in [1.807, 2.05) is 30.3 Å². The first-order valence-corrected chi connectivity index (χ1v) is 11.9. The maximum absolute atomic E-state index is 13.0. The van der Waals surface area contributed by atoms with Gasteiger partial charge in [0.2, 0.25) is 0 Å². The number of hydrogen-bond donors (Lipinski definition) is 0. The molecule has 32 heavy (non-hydrogen) atoms. The lowest BCUT2D eigenvalue weighted by molar-refractivity contribution is 0.0828. The summed E-state index contributed by atoms with van der Waals surface area (Å²) in [6.45, 7) is 2.23. The third-order valence-electron chi connectivity index (χ3n) is 6.26. The molecule has 1 atom stereocenters. The summed E-state index contributed by atoms with van der Waals surface area (Å²) in [5.41, 5.74) is 1.20. The fraction of sp³-hybridized carbons (Fsp3) is 0.478. The summed E-state index contributed by atoms with van der Waals surface area (Å²) in [5.74, 6) is 1.01. The molecule has 5 rings (SSSR count). The molecular formula is C23H26N4O4S. The number of amides is 1. The summed E-state index contributed by atoms with van der Waals surface area (Å²) in [4.78, 5) is 37.7. The number of ether oxygens (including phenoxy) is 2. The van der Waals surface area contributed by atoms with E-state index in [0.29, 0.717) is 30.1 Å². The Morgan fingerprint density at radius 3 is 2.75 bits per heavy atom. The quantitative estimate of drug-likeness (QED) is 0.597. The van der Waals surface area contributed by atoms with Crippen molar-refractivity contribution in [3.05, 3.63) is 57.1 Å². The average Bonchev–Trinajstić information content (AvgIpc) is 3.48. The molecule has 0 saturated carbocycles. The Balaban J connectivity index is 1.39. The van der Waals surface area contributed by atoms with Gasteiger partial charge in [-0.25, -0.2) is 14.8 Å². The van der Waals surface area contributed by atoms with Gasteiger partial charge in [0.25, 0.3) is 5.56 Å². The Hall–Kier alpha value is -2.78. The van der Waals surface area contributed by atoms with Gasteiger partial charge in [0, 0.05) is 32.7 Å². The zero-order valence-corrected chi connectivity index (χ0v) is 18.8. The van der Waals surface area contributed by atoms with Gasteiger partial charge in [-0.2, -0.15) is 0 Å². The van der Waals surface area contributed by atoms with E-state index in [0.717, 1.165) is 42.1 Å². The van der Waals surface area contributed by atoms with Crippen molar-refractivity contribution in [2.24, 2.45) is 7.05 Å². The number of carbonyl (C=O) groups is 1. The minimum Gasteiger partial charge on any atom is -0.445 e. The largest absolute Gasteiger partial charge is 0.445 e. The highest BCUT2D eigenvalue weighted by Crippen LogP contribution is 2.36. The zero-order chi connectivity index (χ0) is 22.1. The number of likely N-dealkylation sites (tertiary alicyclic amines) is 1. The molecule has 0 aliphatic carbocycles.